The fourth-order valence-corrected chi connectivity index (χ4v) is 1.45. The van der Waals surface area contributed by atoms with Crippen molar-refractivity contribution in [3.05, 3.63) is 65.2 Å². The summed E-state index contributed by atoms with van der Waals surface area (Å²) in [5, 5.41) is 0. The molecule has 0 saturated heterocycles. The summed E-state index contributed by atoms with van der Waals surface area (Å²) in [6.45, 7) is 0. The van der Waals surface area contributed by atoms with Crippen LogP contribution >= 0.6 is 0 Å². The second kappa shape index (κ2) is 5.33. The number of hydrogen-bond acceptors (Lipinski definition) is 1. The number of halogens is 2. The third-order valence-corrected chi connectivity index (χ3v) is 2.33. The predicted molar refractivity (Wildman–Crippen MR) is 65.3 cm³/mol. The van der Waals surface area contributed by atoms with Crippen LogP contribution in [0.3, 0.4) is 0 Å². The third kappa shape index (κ3) is 2.86. The van der Waals surface area contributed by atoms with Gasteiger partial charge in [-0.25, -0.2) is 8.78 Å². The molecule has 2 aromatic carbocycles. The SMILES string of the molecule is COc1ccc(C#Cc2cccc(F)c2)cc1F. The first-order valence-electron chi connectivity index (χ1n) is 5.30. The van der Waals surface area contributed by atoms with Gasteiger partial charge in [0.25, 0.3) is 0 Å². The third-order valence-electron chi connectivity index (χ3n) is 2.33. The van der Waals surface area contributed by atoms with Crippen molar-refractivity contribution in [3.8, 4) is 17.6 Å². The Labute approximate surface area is 104 Å². The van der Waals surface area contributed by atoms with Crippen LogP contribution in [-0.4, -0.2) is 7.11 Å². The molecule has 2 rings (SSSR count). The van der Waals surface area contributed by atoms with Crippen LogP contribution in [0.4, 0.5) is 8.78 Å². The van der Waals surface area contributed by atoms with Crippen molar-refractivity contribution in [2.45, 2.75) is 0 Å². The molecule has 0 unspecified atom stereocenters. The van der Waals surface area contributed by atoms with E-state index in [0.717, 1.165) is 0 Å². The standard InChI is InChI=1S/C15H10F2O/c1-18-15-8-7-12(10-14(15)17)6-5-11-3-2-4-13(16)9-11/h2-4,7-10H,1H3. The molecular weight excluding hydrogens is 234 g/mol. The van der Waals surface area contributed by atoms with Gasteiger partial charge in [0.1, 0.15) is 5.82 Å². The molecule has 3 heteroatoms. The molecule has 0 bridgehead atoms. The maximum Gasteiger partial charge on any atom is 0.166 e. The van der Waals surface area contributed by atoms with Crippen molar-refractivity contribution in [2.75, 3.05) is 7.11 Å². The average Bonchev–Trinajstić information content (AvgIpc) is 2.37. The van der Waals surface area contributed by atoms with Gasteiger partial charge in [0, 0.05) is 11.1 Å². The molecule has 0 aliphatic heterocycles. The molecule has 0 spiro atoms. The van der Waals surface area contributed by atoms with Gasteiger partial charge in [0.05, 0.1) is 7.11 Å². The minimum absolute atomic E-state index is 0.173. The topological polar surface area (TPSA) is 9.23 Å². The molecule has 0 radical (unpaired) electrons. The summed E-state index contributed by atoms with van der Waals surface area (Å²) in [6.07, 6.45) is 0. The Hall–Kier alpha value is -2.34. The smallest absolute Gasteiger partial charge is 0.166 e. The summed E-state index contributed by atoms with van der Waals surface area (Å²) in [7, 11) is 1.40. The van der Waals surface area contributed by atoms with Crippen molar-refractivity contribution in [2.24, 2.45) is 0 Å². The van der Waals surface area contributed by atoms with E-state index in [0.29, 0.717) is 11.1 Å². The number of benzene rings is 2. The van der Waals surface area contributed by atoms with Crippen LogP contribution < -0.4 is 4.74 Å². The van der Waals surface area contributed by atoms with Gasteiger partial charge in [0.2, 0.25) is 0 Å². The van der Waals surface area contributed by atoms with Gasteiger partial charge in [-0.05, 0) is 36.4 Å². The van der Waals surface area contributed by atoms with Crippen LogP contribution in [0.1, 0.15) is 11.1 Å². The zero-order valence-electron chi connectivity index (χ0n) is 9.71. The maximum atomic E-state index is 13.4. The lowest BCUT2D eigenvalue weighted by molar-refractivity contribution is 0.386. The average molecular weight is 244 g/mol. The molecule has 0 fully saturated rings. The summed E-state index contributed by atoms with van der Waals surface area (Å²) in [4.78, 5) is 0. The Morgan fingerprint density at radius 3 is 2.28 bits per heavy atom. The summed E-state index contributed by atoms with van der Waals surface area (Å²) in [6, 6.07) is 10.4. The lowest BCUT2D eigenvalue weighted by atomic mass is 10.1. The normalized spacial score (nSPS) is 9.50. The predicted octanol–water partition coefficient (Wildman–Crippen LogP) is 3.37. The van der Waals surface area contributed by atoms with Gasteiger partial charge in [-0.3, -0.25) is 0 Å². The molecule has 90 valence electrons. The Kier molecular flexibility index (Phi) is 3.59. The van der Waals surface area contributed by atoms with Crippen molar-refractivity contribution in [1.29, 1.82) is 0 Å². The van der Waals surface area contributed by atoms with Crippen LogP contribution in [-0.2, 0) is 0 Å². The summed E-state index contributed by atoms with van der Waals surface area (Å²) >= 11 is 0. The van der Waals surface area contributed by atoms with Crippen molar-refractivity contribution >= 4 is 0 Å². The van der Waals surface area contributed by atoms with Gasteiger partial charge >= 0.3 is 0 Å². The number of rotatable bonds is 1. The molecular formula is C15H10F2O. The van der Waals surface area contributed by atoms with Crippen LogP contribution in [0.5, 0.6) is 5.75 Å². The molecule has 0 amide bonds. The van der Waals surface area contributed by atoms with E-state index in [1.165, 1.54) is 31.4 Å². The first kappa shape index (κ1) is 12.1. The minimum Gasteiger partial charge on any atom is -0.494 e. The Bertz CT molecular complexity index is 624. The van der Waals surface area contributed by atoms with Crippen LogP contribution in [0, 0.1) is 23.5 Å². The highest BCUT2D eigenvalue weighted by Crippen LogP contribution is 2.17. The number of ether oxygens (including phenoxy) is 1. The van der Waals surface area contributed by atoms with E-state index < -0.39 is 5.82 Å². The zero-order chi connectivity index (χ0) is 13.0. The van der Waals surface area contributed by atoms with Gasteiger partial charge < -0.3 is 4.74 Å². The molecule has 0 saturated carbocycles. The molecule has 0 atom stereocenters. The first-order chi connectivity index (χ1) is 8.69. The monoisotopic (exact) mass is 244 g/mol. The maximum absolute atomic E-state index is 13.4. The lowest BCUT2D eigenvalue weighted by Gasteiger charge is -2.00. The number of methoxy groups -OCH3 is 1. The Morgan fingerprint density at radius 1 is 0.944 bits per heavy atom. The van der Waals surface area contributed by atoms with E-state index in [2.05, 4.69) is 11.8 Å². The van der Waals surface area contributed by atoms with E-state index in [-0.39, 0.29) is 11.6 Å². The van der Waals surface area contributed by atoms with E-state index >= 15 is 0 Å². The quantitative estimate of drug-likeness (QED) is 0.699. The van der Waals surface area contributed by atoms with Crippen LogP contribution in [0.2, 0.25) is 0 Å². The van der Waals surface area contributed by atoms with Gasteiger partial charge in [-0.1, -0.05) is 17.9 Å². The zero-order valence-corrected chi connectivity index (χ0v) is 9.71. The molecule has 0 heterocycles. The molecule has 0 aliphatic carbocycles. The lowest BCUT2D eigenvalue weighted by Crippen LogP contribution is -1.88. The van der Waals surface area contributed by atoms with Gasteiger partial charge in [-0.15, -0.1) is 0 Å². The van der Waals surface area contributed by atoms with E-state index in [1.807, 2.05) is 0 Å². The van der Waals surface area contributed by atoms with E-state index in [9.17, 15) is 8.78 Å². The van der Waals surface area contributed by atoms with E-state index in [1.54, 1.807) is 18.2 Å². The van der Waals surface area contributed by atoms with Gasteiger partial charge in [-0.2, -0.15) is 0 Å². The van der Waals surface area contributed by atoms with Crippen molar-refractivity contribution in [3.63, 3.8) is 0 Å². The molecule has 18 heavy (non-hydrogen) atoms. The van der Waals surface area contributed by atoms with E-state index in [4.69, 9.17) is 4.74 Å². The highest BCUT2D eigenvalue weighted by molar-refractivity contribution is 5.44. The summed E-state index contributed by atoms with van der Waals surface area (Å²) in [5.74, 6) is 4.90. The Morgan fingerprint density at radius 2 is 1.67 bits per heavy atom. The summed E-state index contributed by atoms with van der Waals surface area (Å²) < 4.78 is 31.1. The van der Waals surface area contributed by atoms with Crippen molar-refractivity contribution < 1.29 is 13.5 Å². The highest BCUT2D eigenvalue weighted by Gasteiger charge is 2.01. The van der Waals surface area contributed by atoms with Crippen LogP contribution in [0.15, 0.2) is 42.5 Å². The van der Waals surface area contributed by atoms with Gasteiger partial charge in [0.15, 0.2) is 11.6 Å². The van der Waals surface area contributed by atoms with Crippen molar-refractivity contribution in [1.82, 2.24) is 0 Å². The molecule has 2 aromatic rings. The Balaban J connectivity index is 2.27. The summed E-state index contributed by atoms with van der Waals surface area (Å²) in [5.41, 5.74) is 1.06. The first-order valence-corrected chi connectivity index (χ1v) is 5.30. The highest BCUT2D eigenvalue weighted by atomic mass is 19.1. The minimum atomic E-state index is -0.469. The number of hydrogen-bond donors (Lipinski definition) is 0. The molecule has 1 nitrogen and oxygen atoms in total. The van der Waals surface area contributed by atoms with Crippen LogP contribution in [0.25, 0.3) is 0 Å². The molecule has 0 N–H and O–H groups in total. The second-order valence-electron chi connectivity index (χ2n) is 3.61. The second-order valence-corrected chi connectivity index (χ2v) is 3.61. The molecule has 0 aromatic heterocycles. The molecule has 0 aliphatic rings. The largest absolute Gasteiger partial charge is 0.494 e. The fraction of sp³-hybridized carbons (Fsp3) is 0.0667. The fourth-order valence-electron chi connectivity index (χ4n) is 1.45.